The first-order valence-corrected chi connectivity index (χ1v) is 5.09. The number of hydrogen-bond acceptors (Lipinski definition) is 4. The molecule has 0 aliphatic rings. The van der Waals surface area contributed by atoms with Gasteiger partial charge in [-0.25, -0.2) is 4.98 Å². The summed E-state index contributed by atoms with van der Waals surface area (Å²) in [4.78, 5) is 3.94. The summed E-state index contributed by atoms with van der Waals surface area (Å²) in [6.07, 6.45) is 0. The van der Waals surface area contributed by atoms with Crippen LogP contribution in [0, 0.1) is 0 Å². The quantitative estimate of drug-likeness (QED) is 0.662. The highest BCUT2D eigenvalue weighted by Crippen LogP contribution is 2.29. The molecule has 3 rings (SSSR count). The number of nitrogens with zero attached hydrogens (tertiary/aromatic N) is 2. The molecule has 2 aromatic carbocycles. The molecule has 0 unspecified atom stereocenters. The van der Waals surface area contributed by atoms with Crippen LogP contribution >= 0.6 is 0 Å². The van der Waals surface area contributed by atoms with E-state index in [1.807, 2.05) is 0 Å². The molecule has 1 aromatic heterocycles. The van der Waals surface area contributed by atoms with Gasteiger partial charge in [0.05, 0.1) is 22.1 Å². The molecule has 94 valence electrons. The number of phenolic OH excluding ortho intramolecular Hbond substituents is 2. The predicted molar refractivity (Wildman–Crippen MR) is 70.6 cm³/mol. The molecule has 0 fully saturated rings. The molecule has 0 atom stereocenters. The van der Waals surface area contributed by atoms with E-state index >= 15 is 0 Å². The lowest BCUT2D eigenvalue weighted by Crippen LogP contribution is -1.82. The first-order chi connectivity index (χ1) is 12.6. The predicted octanol–water partition coefficient (Wildman–Crippen LogP) is 2.55. The molecule has 5 heteroatoms. The molecule has 3 aromatic rings. The number of phenols is 2. The molecule has 0 bridgehead atoms. The summed E-state index contributed by atoms with van der Waals surface area (Å²) in [5, 5.41) is 26.3. The molecule has 0 amide bonds. The van der Waals surface area contributed by atoms with Crippen molar-refractivity contribution in [2.75, 3.05) is 0 Å². The number of aromatic nitrogens is 3. The highest BCUT2D eigenvalue weighted by molar-refractivity contribution is 5.68. The Balaban J connectivity index is 2.25. The highest BCUT2D eigenvalue weighted by atomic mass is 16.3. The van der Waals surface area contributed by atoms with Crippen LogP contribution < -0.4 is 0 Å². The zero-order chi connectivity index (χ0) is 20.2. The molecule has 0 radical (unpaired) electrons. The molecule has 0 aliphatic carbocycles. The van der Waals surface area contributed by atoms with Crippen molar-refractivity contribution in [3.8, 4) is 34.3 Å². The molecule has 0 spiro atoms. The molecule has 19 heavy (non-hydrogen) atoms. The molecule has 0 saturated heterocycles. The van der Waals surface area contributed by atoms with Gasteiger partial charge in [0.2, 0.25) is 0 Å². The fourth-order valence-corrected chi connectivity index (χ4v) is 1.43. The fourth-order valence-electron chi connectivity index (χ4n) is 1.43. The summed E-state index contributed by atoms with van der Waals surface area (Å²) >= 11 is 0. The standard InChI is InChI=1S/C14H11N3O2/c18-11-7-3-1-5-9(11)13-15-14(17-16-13)10-6-2-4-8-12(10)19/h1-8,18-19H,(H,15,16,17)/i1D,2D,3D,4D,5D,6D,7D,8D. The van der Waals surface area contributed by atoms with E-state index in [1.54, 1.807) is 0 Å². The maximum atomic E-state index is 10.1. The van der Waals surface area contributed by atoms with Gasteiger partial charge in [-0.3, -0.25) is 5.10 Å². The van der Waals surface area contributed by atoms with Crippen molar-refractivity contribution in [1.29, 1.82) is 0 Å². The van der Waals surface area contributed by atoms with E-state index in [2.05, 4.69) is 15.2 Å². The number of H-pyrrole nitrogens is 1. The summed E-state index contributed by atoms with van der Waals surface area (Å²) in [5.41, 5.74) is -0.746. The number of para-hydroxylation sites is 2. The van der Waals surface area contributed by atoms with Crippen molar-refractivity contribution in [3.05, 3.63) is 48.3 Å². The van der Waals surface area contributed by atoms with Gasteiger partial charge in [-0.2, -0.15) is 5.10 Å². The van der Waals surface area contributed by atoms with E-state index in [4.69, 9.17) is 11.0 Å². The highest BCUT2D eigenvalue weighted by Gasteiger charge is 2.12. The zero-order valence-electron chi connectivity index (χ0n) is 17.3. The van der Waals surface area contributed by atoms with E-state index < -0.39 is 59.8 Å². The normalized spacial score (nSPS) is 16.4. The van der Waals surface area contributed by atoms with Crippen LogP contribution in [0.5, 0.6) is 11.5 Å². The Labute approximate surface area is 120 Å². The van der Waals surface area contributed by atoms with Crippen molar-refractivity contribution < 1.29 is 21.2 Å². The first kappa shape index (κ1) is 5.44. The number of hydrogen-bond donors (Lipinski definition) is 3. The van der Waals surface area contributed by atoms with E-state index in [0.717, 1.165) is 0 Å². The van der Waals surface area contributed by atoms with Crippen molar-refractivity contribution in [2.45, 2.75) is 0 Å². The molecule has 0 saturated carbocycles. The van der Waals surface area contributed by atoms with Crippen molar-refractivity contribution in [3.63, 3.8) is 0 Å². The van der Waals surface area contributed by atoms with Crippen molar-refractivity contribution in [1.82, 2.24) is 15.2 Å². The molecular weight excluding hydrogens is 242 g/mol. The number of benzene rings is 2. The Bertz CT molecular complexity index is 957. The first-order valence-electron chi connectivity index (χ1n) is 9.09. The molecule has 0 aliphatic heterocycles. The second-order valence-corrected chi connectivity index (χ2v) is 3.45. The lowest BCUT2D eigenvalue weighted by molar-refractivity contribution is 0.476. The maximum Gasteiger partial charge on any atom is 0.185 e. The van der Waals surface area contributed by atoms with Crippen LogP contribution in [-0.4, -0.2) is 25.4 Å². The van der Waals surface area contributed by atoms with Crippen LogP contribution in [0.25, 0.3) is 22.8 Å². The van der Waals surface area contributed by atoms with E-state index in [1.165, 1.54) is 0 Å². The Kier molecular flexibility index (Phi) is 1.28. The summed E-state index contributed by atoms with van der Waals surface area (Å²) in [6, 6.07) is -4.98. The largest absolute Gasteiger partial charge is 0.507 e. The van der Waals surface area contributed by atoms with Gasteiger partial charge < -0.3 is 10.2 Å². The minimum atomic E-state index is -0.772. The number of aromatic amines is 1. The van der Waals surface area contributed by atoms with Gasteiger partial charge >= 0.3 is 0 Å². The number of rotatable bonds is 2. The van der Waals surface area contributed by atoms with Crippen LogP contribution in [0.15, 0.2) is 48.3 Å². The van der Waals surface area contributed by atoms with Gasteiger partial charge in [-0.05, 0) is 24.2 Å². The van der Waals surface area contributed by atoms with Crippen LogP contribution in [0.1, 0.15) is 11.0 Å². The van der Waals surface area contributed by atoms with Gasteiger partial charge in [0.25, 0.3) is 0 Å². The van der Waals surface area contributed by atoms with Crippen LogP contribution in [0.3, 0.4) is 0 Å². The number of aromatic hydroxyl groups is 2. The Morgan fingerprint density at radius 2 is 1.47 bits per heavy atom. The van der Waals surface area contributed by atoms with Crippen molar-refractivity contribution in [2.24, 2.45) is 0 Å². The van der Waals surface area contributed by atoms with Crippen LogP contribution in [0.4, 0.5) is 0 Å². The summed E-state index contributed by atoms with van der Waals surface area (Å²) in [5.74, 6) is -2.13. The average Bonchev–Trinajstić information content (AvgIpc) is 3.11. The lowest BCUT2D eigenvalue weighted by Gasteiger charge is -1.99. The third-order valence-electron chi connectivity index (χ3n) is 2.28. The summed E-state index contributed by atoms with van der Waals surface area (Å²) in [6.45, 7) is 0. The molecule has 5 nitrogen and oxygen atoms in total. The van der Waals surface area contributed by atoms with Gasteiger partial charge in [0, 0.05) is 0 Å². The molecule has 3 N–H and O–H groups in total. The van der Waals surface area contributed by atoms with Crippen molar-refractivity contribution >= 4 is 0 Å². The minimum absolute atomic E-state index is 0.263. The van der Waals surface area contributed by atoms with E-state index in [0.29, 0.717) is 0 Å². The Morgan fingerprint density at radius 1 is 0.895 bits per heavy atom. The SMILES string of the molecule is [2H]c1c([2H])c([2H])c(-c2n[nH]c(-c3c([2H])c([2H])c([2H])c([2H])c3O)n2)c(O)c1[2H]. The smallest absolute Gasteiger partial charge is 0.185 e. The van der Waals surface area contributed by atoms with Crippen LogP contribution in [-0.2, 0) is 0 Å². The van der Waals surface area contributed by atoms with E-state index in [9.17, 15) is 10.2 Å². The monoisotopic (exact) mass is 261 g/mol. The second kappa shape index (κ2) is 4.45. The zero-order valence-corrected chi connectivity index (χ0v) is 9.29. The van der Waals surface area contributed by atoms with Gasteiger partial charge in [-0.15, -0.1) is 0 Å². The third-order valence-corrected chi connectivity index (χ3v) is 2.28. The lowest BCUT2D eigenvalue weighted by atomic mass is 10.2. The summed E-state index contributed by atoms with van der Waals surface area (Å²) < 4.78 is 61.5. The van der Waals surface area contributed by atoms with E-state index in [-0.39, 0.29) is 22.8 Å². The van der Waals surface area contributed by atoms with Gasteiger partial charge in [-0.1, -0.05) is 24.2 Å². The van der Waals surface area contributed by atoms with Gasteiger partial charge in [0.1, 0.15) is 11.5 Å². The summed E-state index contributed by atoms with van der Waals surface area (Å²) in [7, 11) is 0. The minimum Gasteiger partial charge on any atom is -0.507 e. The third kappa shape index (κ3) is 2.01. The van der Waals surface area contributed by atoms with Crippen LogP contribution in [0.2, 0.25) is 0 Å². The van der Waals surface area contributed by atoms with Gasteiger partial charge in [0.15, 0.2) is 11.6 Å². The number of nitrogens with one attached hydrogen (secondary N) is 1. The fraction of sp³-hybridized carbons (Fsp3) is 0. The topological polar surface area (TPSA) is 82.0 Å². The molecule has 1 heterocycles. The average molecular weight is 261 g/mol. The molecular formula is C14H11N3O2. The maximum absolute atomic E-state index is 10.1. The Hall–Kier alpha value is -2.82. The second-order valence-electron chi connectivity index (χ2n) is 3.45. The Morgan fingerprint density at radius 3 is 2.21 bits per heavy atom.